The molecule has 1 saturated carbocycles. The second-order valence-electron chi connectivity index (χ2n) is 7.39. The fraction of sp³-hybridized carbons (Fsp3) is 0.381. The molecule has 0 radical (unpaired) electrons. The van der Waals surface area contributed by atoms with Crippen LogP contribution in [0.3, 0.4) is 0 Å². The van der Waals surface area contributed by atoms with Crippen molar-refractivity contribution in [2.75, 3.05) is 13.1 Å². The average Bonchev–Trinajstić information content (AvgIpc) is 3.39. The number of fused-ring (bicyclic) bond motifs is 1. The highest BCUT2D eigenvalue weighted by Gasteiger charge is 2.35. The van der Waals surface area contributed by atoms with Crippen LogP contribution in [-0.2, 0) is 11.3 Å². The van der Waals surface area contributed by atoms with Crippen molar-refractivity contribution in [1.82, 2.24) is 24.4 Å². The number of amides is 1. The summed E-state index contributed by atoms with van der Waals surface area (Å²) >= 11 is 0. The molecule has 0 unspecified atom stereocenters. The minimum absolute atomic E-state index is 0.234. The number of carbonyl (C=O) groups is 1. The lowest BCUT2D eigenvalue weighted by atomic mass is 10.3. The van der Waals surface area contributed by atoms with Gasteiger partial charge >= 0.3 is 6.01 Å². The zero-order chi connectivity index (χ0) is 19.8. The van der Waals surface area contributed by atoms with Crippen molar-refractivity contribution in [2.45, 2.75) is 32.7 Å². The number of imidazole rings is 1. The van der Waals surface area contributed by atoms with E-state index in [1.807, 2.05) is 46.7 Å². The number of para-hydroxylation sites is 1. The molecule has 0 atom stereocenters. The summed E-state index contributed by atoms with van der Waals surface area (Å²) in [4.78, 5) is 32.3. The van der Waals surface area contributed by atoms with Crippen molar-refractivity contribution in [3.05, 3.63) is 36.7 Å². The Labute approximate surface area is 168 Å². The largest absolute Gasteiger partial charge is 0.425 e. The Morgan fingerprint density at radius 2 is 2.07 bits per heavy atom. The van der Waals surface area contributed by atoms with E-state index in [2.05, 4.69) is 15.0 Å². The van der Waals surface area contributed by atoms with E-state index in [1.165, 1.54) is 6.33 Å². The molecule has 0 N–H and O–H groups in total. The minimum atomic E-state index is 0.234. The average molecular weight is 390 g/mol. The Hall–Kier alpha value is -3.29. The number of hydrogen-bond donors (Lipinski definition) is 0. The second kappa shape index (κ2) is 7.27. The van der Waals surface area contributed by atoms with E-state index in [1.54, 1.807) is 0 Å². The maximum atomic E-state index is 12.3. The Kier molecular flexibility index (Phi) is 4.46. The van der Waals surface area contributed by atoms with Crippen molar-refractivity contribution in [1.29, 1.82) is 0 Å². The van der Waals surface area contributed by atoms with Gasteiger partial charge in [-0.2, -0.15) is 4.98 Å². The summed E-state index contributed by atoms with van der Waals surface area (Å²) in [6.45, 7) is 3.98. The summed E-state index contributed by atoms with van der Waals surface area (Å²) in [5.41, 5.74) is 2.26. The van der Waals surface area contributed by atoms with E-state index in [0.29, 0.717) is 41.8 Å². The molecule has 5 rings (SSSR count). The number of benzene rings is 1. The number of carbonyl (C=O) groups excluding carboxylic acids is 1. The highest BCUT2D eigenvalue weighted by Crippen LogP contribution is 2.33. The Morgan fingerprint density at radius 3 is 2.83 bits per heavy atom. The normalized spacial score (nSPS) is 18.0. The van der Waals surface area contributed by atoms with Crippen LogP contribution in [0.1, 0.15) is 26.2 Å². The summed E-state index contributed by atoms with van der Waals surface area (Å²) in [7, 11) is 0. The van der Waals surface area contributed by atoms with Gasteiger partial charge < -0.3 is 9.64 Å². The Bertz CT molecular complexity index is 1090. The molecule has 0 bridgehead atoms. The monoisotopic (exact) mass is 390 g/mol. The van der Waals surface area contributed by atoms with Crippen LogP contribution < -0.4 is 4.74 Å². The number of nitrogens with zero attached hydrogens (tertiary/aromatic N) is 6. The first-order valence-corrected chi connectivity index (χ1v) is 10.0. The van der Waals surface area contributed by atoms with E-state index in [4.69, 9.17) is 9.73 Å². The quantitative estimate of drug-likeness (QED) is 0.667. The highest BCUT2D eigenvalue weighted by atomic mass is 16.5. The summed E-state index contributed by atoms with van der Waals surface area (Å²) in [6, 6.07) is 10.0. The van der Waals surface area contributed by atoms with E-state index < -0.39 is 0 Å². The molecule has 148 valence electrons. The summed E-state index contributed by atoms with van der Waals surface area (Å²) in [6.07, 6.45) is 4.32. The molecule has 3 aromatic rings. The lowest BCUT2D eigenvalue weighted by Gasteiger charge is -2.13. The van der Waals surface area contributed by atoms with Crippen LogP contribution in [0.25, 0.3) is 11.2 Å². The molecule has 0 spiro atoms. The Morgan fingerprint density at radius 1 is 1.24 bits per heavy atom. The van der Waals surface area contributed by atoms with Gasteiger partial charge in [-0.15, -0.1) is 0 Å². The predicted molar refractivity (Wildman–Crippen MR) is 109 cm³/mol. The third-order valence-electron chi connectivity index (χ3n) is 5.29. The lowest BCUT2D eigenvalue weighted by Crippen LogP contribution is -2.29. The molecule has 1 saturated heterocycles. The van der Waals surface area contributed by atoms with Crippen molar-refractivity contribution >= 4 is 28.6 Å². The third-order valence-corrected chi connectivity index (χ3v) is 5.29. The van der Waals surface area contributed by atoms with E-state index in [9.17, 15) is 4.79 Å². The van der Waals surface area contributed by atoms with Crippen LogP contribution in [0.4, 0.5) is 5.82 Å². The SMILES string of the molecule is CCn1c(Oc2ccccc2)nc2c(N=C3CCN(C(=O)C4CC4)C3)ncnc21. The van der Waals surface area contributed by atoms with Crippen LogP contribution in [-0.4, -0.2) is 49.1 Å². The first kappa shape index (κ1) is 17.8. The molecule has 29 heavy (non-hydrogen) atoms. The molecule has 3 heterocycles. The van der Waals surface area contributed by atoms with Crippen molar-refractivity contribution in [3.63, 3.8) is 0 Å². The van der Waals surface area contributed by atoms with E-state index in [0.717, 1.165) is 31.5 Å². The van der Waals surface area contributed by atoms with Gasteiger partial charge in [0.2, 0.25) is 5.91 Å². The van der Waals surface area contributed by atoms with Gasteiger partial charge in [0.05, 0.1) is 6.54 Å². The van der Waals surface area contributed by atoms with Gasteiger partial charge in [0, 0.05) is 31.1 Å². The molecule has 8 heteroatoms. The molecule has 1 aliphatic carbocycles. The first-order valence-electron chi connectivity index (χ1n) is 10.0. The van der Waals surface area contributed by atoms with Crippen LogP contribution in [0, 0.1) is 5.92 Å². The van der Waals surface area contributed by atoms with Crippen LogP contribution >= 0.6 is 0 Å². The van der Waals surface area contributed by atoms with Gasteiger partial charge in [-0.3, -0.25) is 9.36 Å². The van der Waals surface area contributed by atoms with E-state index in [-0.39, 0.29) is 11.8 Å². The molecule has 8 nitrogen and oxygen atoms in total. The maximum absolute atomic E-state index is 12.3. The van der Waals surface area contributed by atoms with Gasteiger partial charge in [0.25, 0.3) is 0 Å². The minimum Gasteiger partial charge on any atom is -0.425 e. The molecule has 2 aliphatic rings. The molecular formula is C21H22N6O2. The van der Waals surface area contributed by atoms with Crippen LogP contribution in [0.2, 0.25) is 0 Å². The number of hydrogen-bond acceptors (Lipinski definition) is 6. The number of aryl methyl sites for hydroxylation is 1. The van der Waals surface area contributed by atoms with Gasteiger partial charge in [-0.1, -0.05) is 18.2 Å². The van der Waals surface area contributed by atoms with Gasteiger partial charge in [0.15, 0.2) is 17.0 Å². The molecule has 1 amide bonds. The fourth-order valence-electron chi connectivity index (χ4n) is 3.60. The summed E-state index contributed by atoms with van der Waals surface area (Å²) in [5, 5.41) is 0. The van der Waals surface area contributed by atoms with Crippen LogP contribution in [0.15, 0.2) is 41.7 Å². The third kappa shape index (κ3) is 3.46. The second-order valence-corrected chi connectivity index (χ2v) is 7.39. The number of ether oxygens (including phenoxy) is 1. The maximum Gasteiger partial charge on any atom is 0.304 e. The number of aliphatic imine (C=N–C) groups is 1. The smallest absolute Gasteiger partial charge is 0.304 e. The summed E-state index contributed by atoms with van der Waals surface area (Å²) in [5.74, 6) is 1.73. The van der Waals surface area contributed by atoms with Crippen LogP contribution in [0.5, 0.6) is 11.8 Å². The number of rotatable bonds is 5. The zero-order valence-electron chi connectivity index (χ0n) is 16.3. The number of likely N-dealkylation sites (tertiary alicyclic amines) is 1. The van der Waals surface area contributed by atoms with Crippen molar-refractivity contribution in [3.8, 4) is 11.8 Å². The highest BCUT2D eigenvalue weighted by molar-refractivity contribution is 5.97. The zero-order valence-corrected chi connectivity index (χ0v) is 16.3. The molecular weight excluding hydrogens is 368 g/mol. The van der Waals surface area contributed by atoms with Crippen molar-refractivity contribution in [2.24, 2.45) is 10.9 Å². The predicted octanol–water partition coefficient (Wildman–Crippen LogP) is 3.35. The topological polar surface area (TPSA) is 85.5 Å². The standard InChI is InChI=1S/C21H22N6O2/c1-2-27-19-17(25-21(27)29-16-6-4-3-5-7-16)18(22-13-23-19)24-15-10-11-26(12-15)20(28)14-8-9-14/h3-7,13-14H,2,8-12H2,1H3. The molecule has 2 aromatic heterocycles. The first-order chi connectivity index (χ1) is 14.2. The molecule has 1 aliphatic heterocycles. The molecule has 1 aromatic carbocycles. The van der Waals surface area contributed by atoms with Gasteiger partial charge in [0.1, 0.15) is 12.1 Å². The fourth-order valence-corrected chi connectivity index (χ4v) is 3.60. The number of aromatic nitrogens is 4. The summed E-state index contributed by atoms with van der Waals surface area (Å²) < 4.78 is 7.88. The Balaban J connectivity index is 1.46. The van der Waals surface area contributed by atoms with Gasteiger partial charge in [-0.05, 0) is 31.9 Å². The van der Waals surface area contributed by atoms with Gasteiger partial charge in [-0.25, -0.2) is 15.0 Å². The van der Waals surface area contributed by atoms with Crippen molar-refractivity contribution < 1.29 is 9.53 Å². The lowest BCUT2D eigenvalue weighted by molar-refractivity contribution is -0.131. The molecule has 2 fully saturated rings. The van der Waals surface area contributed by atoms with E-state index >= 15 is 0 Å².